The highest BCUT2D eigenvalue weighted by molar-refractivity contribution is 5.93. The molecule has 3 N–H and O–H groups in total. The second kappa shape index (κ2) is 6.66. The van der Waals surface area contributed by atoms with Crippen LogP contribution in [0, 0.1) is 11.3 Å². The van der Waals surface area contributed by atoms with Crippen molar-refractivity contribution in [2.24, 2.45) is 11.7 Å². The number of nitrogens with two attached hydrogens (primary N) is 1. The van der Waals surface area contributed by atoms with Crippen LogP contribution in [0.15, 0.2) is 18.3 Å². The van der Waals surface area contributed by atoms with Gasteiger partial charge in [0.05, 0.1) is 0 Å². The summed E-state index contributed by atoms with van der Waals surface area (Å²) in [4.78, 5) is 6.59. The molecule has 1 aliphatic heterocycles. The molecule has 2 heterocycles. The molecular formula is C15H24N4. The predicted octanol–water partition coefficient (Wildman–Crippen LogP) is 2.38. The van der Waals surface area contributed by atoms with Crippen molar-refractivity contribution < 1.29 is 0 Å². The number of nitrogen functional groups attached to an aromatic ring is 1. The maximum absolute atomic E-state index is 7.43. The third kappa shape index (κ3) is 4.03. The Hall–Kier alpha value is -1.42. The van der Waals surface area contributed by atoms with Crippen LogP contribution < -0.4 is 5.73 Å². The number of hydrogen-bond donors (Lipinski definition) is 2. The van der Waals surface area contributed by atoms with E-state index in [1.807, 2.05) is 12.1 Å². The molecule has 0 atom stereocenters. The van der Waals surface area contributed by atoms with Gasteiger partial charge in [-0.1, -0.05) is 19.8 Å². The Bertz CT molecular complexity index is 422. The average Bonchev–Trinajstić information content (AvgIpc) is 2.42. The van der Waals surface area contributed by atoms with Gasteiger partial charge in [-0.2, -0.15) is 0 Å². The van der Waals surface area contributed by atoms with Gasteiger partial charge < -0.3 is 5.73 Å². The Morgan fingerprint density at radius 1 is 1.47 bits per heavy atom. The van der Waals surface area contributed by atoms with Crippen molar-refractivity contribution in [1.82, 2.24) is 9.88 Å². The van der Waals surface area contributed by atoms with Gasteiger partial charge >= 0.3 is 0 Å². The SMILES string of the molecule is CCCC1CCN(Cc2ccnc(C(=N)N)c2)CC1. The van der Waals surface area contributed by atoms with Crippen LogP contribution in [0.3, 0.4) is 0 Å². The lowest BCUT2D eigenvalue weighted by Crippen LogP contribution is -2.33. The monoisotopic (exact) mass is 260 g/mol. The van der Waals surface area contributed by atoms with Gasteiger partial charge in [0.15, 0.2) is 0 Å². The number of hydrogen-bond acceptors (Lipinski definition) is 3. The van der Waals surface area contributed by atoms with Crippen molar-refractivity contribution in [2.45, 2.75) is 39.2 Å². The summed E-state index contributed by atoms with van der Waals surface area (Å²) in [5.74, 6) is 0.968. The maximum atomic E-state index is 7.43. The fraction of sp³-hybridized carbons (Fsp3) is 0.600. The summed E-state index contributed by atoms with van der Waals surface area (Å²) in [6.45, 7) is 5.58. The topological polar surface area (TPSA) is 66.0 Å². The Morgan fingerprint density at radius 2 is 2.21 bits per heavy atom. The maximum Gasteiger partial charge on any atom is 0.141 e. The summed E-state index contributed by atoms with van der Waals surface area (Å²) >= 11 is 0. The second-order valence-corrected chi connectivity index (χ2v) is 5.47. The van der Waals surface area contributed by atoms with Crippen LogP contribution in [0.1, 0.15) is 43.9 Å². The molecular weight excluding hydrogens is 236 g/mol. The minimum absolute atomic E-state index is 0.0449. The van der Waals surface area contributed by atoms with Crippen molar-refractivity contribution in [2.75, 3.05) is 13.1 Å². The molecule has 0 radical (unpaired) electrons. The number of aromatic nitrogens is 1. The zero-order valence-corrected chi connectivity index (χ0v) is 11.7. The number of pyridine rings is 1. The summed E-state index contributed by atoms with van der Waals surface area (Å²) in [6, 6.07) is 3.95. The van der Waals surface area contributed by atoms with Crippen molar-refractivity contribution in [1.29, 1.82) is 5.41 Å². The molecule has 0 aliphatic carbocycles. The van der Waals surface area contributed by atoms with Gasteiger partial charge in [0, 0.05) is 12.7 Å². The Kier molecular flexibility index (Phi) is 4.91. The van der Waals surface area contributed by atoms with E-state index in [0.717, 1.165) is 12.5 Å². The summed E-state index contributed by atoms with van der Waals surface area (Å²) in [5, 5.41) is 7.43. The van der Waals surface area contributed by atoms with Crippen molar-refractivity contribution in [3.63, 3.8) is 0 Å². The standard InChI is InChI=1S/C15H24N4/c1-2-3-12-5-8-19(9-6-12)11-13-4-7-18-14(10-13)15(16)17/h4,7,10,12H,2-3,5-6,8-9,11H2,1H3,(H3,16,17). The van der Waals surface area contributed by atoms with E-state index < -0.39 is 0 Å². The van der Waals surface area contributed by atoms with Crippen molar-refractivity contribution in [3.05, 3.63) is 29.6 Å². The van der Waals surface area contributed by atoms with Gasteiger partial charge in [0.2, 0.25) is 0 Å². The molecule has 2 rings (SSSR count). The smallest absolute Gasteiger partial charge is 0.141 e. The first-order valence-corrected chi connectivity index (χ1v) is 7.20. The van der Waals surface area contributed by atoms with Crippen LogP contribution in [-0.2, 0) is 6.54 Å². The summed E-state index contributed by atoms with van der Waals surface area (Å²) in [7, 11) is 0. The third-order valence-electron chi connectivity index (χ3n) is 3.91. The van der Waals surface area contributed by atoms with E-state index in [1.54, 1.807) is 6.20 Å². The van der Waals surface area contributed by atoms with E-state index in [1.165, 1.54) is 44.3 Å². The zero-order valence-electron chi connectivity index (χ0n) is 11.7. The molecule has 4 nitrogen and oxygen atoms in total. The first kappa shape index (κ1) is 14.0. The molecule has 0 unspecified atom stereocenters. The molecule has 1 saturated heterocycles. The summed E-state index contributed by atoms with van der Waals surface area (Å²) < 4.78 is 0. The number of amidine groups is 1. The molecule has 0 saturated carbocycles. The molecule has 104 valence electrons. The highest BCUT2D eigenvalue weighted by Gasteiger charge is 2.18. The summed E-state index contributed by atoms with van der Waals surface area (Å²) in [5.41, 5.74) is 7.26. The molecule has 0 spiro atoms. The van der Waals surface area contributed by atoms with Crippen LogP contribution in [0.2, 0.25) is 0 Å². The van der Waals surface area contributed by atoms with Crippen LogP contribution in [0.4, 0.5) is 0 Å². The number of nitrogens with one attached hydrogen (secondary N) is 1. The minimum Gasteiger partial charge on any atom is -0.382 e. The van der Waals surface area contributed by atoms with Crippen molar-refractivity contribution in [3.8, 4) is 0 Å². The van der Waals surface area contributed by atoms with E-state index in [-0.39, 0.29) is 5.84 Å². The quantitative estimate of drug-likeness (QED) is 0.631. The third-order valence-corrected chi connectivity index (χ3v) is 3.91. The zero-order chi connectivity index (χ0) is 13.7. The number of nitrogens with zero attached hydrogens (tertiary/aromatic N) is 2. The van der Waals surface area contributed by atoms with Gasteiger partial charge in [-0.15, -0.1) is 0 Å². The van der Waals surface area contributed by atoms with E-state index >= 15 is 0 Å². The normalized spacial score (nSPS) is 17.5. The Morgan fingerprint density at radius 3 is 2.84 bits per heavy atom. The van der Waals surface area contributed by atoms with Crippen LogP contribution >= 0.6 is 0 Å². The summed E-state index contributed by atoms with van der Waals surface area (Å²) in [6.07, 6.45) is 7.06. The second-order valence-electron chi connectivity index (χ2n) is 5.47. The molecule has 0 aromatic carbocycles. The molecule has 19 heavy (non-hydrogen) atoms. The average molecular weight is 260 g/mol. The predicted molar refractivity (Wildman–Crippen MR) is 78.2 cm³/mol. The molecule has 0 bridgehead atoms. The molecule has 0 amide bonds. The highest BCUT2D eigenvalue weighted by Crippen LogP contribution is 2.22. The fourth-order valence-electron chi connectivity index (χ4n) is 2.82. The van der Waals surface area contributed by atoms with E-state index in [2.05, 4.69) is 16.8 Å². The van der Waals surface area contributed by atoms with Gasteiger partial charge in [-0.25, -0.2) is 0 Å². The highest BCUT2D eigenvalue weighted by atomic mass is 15.1. The van der Waals surface area contributed by atoms with Crippen LogP contribution in [0.5, 0.6) is 0 Å². The number of piperidine rings is 1. The van der Waals surface area contributed by atoms with Gasteiger partial charge in [-0.05, 0) is 49.5 Å². The Balaban J connectivity index is 1.88. The van der Waals surface area contributed by atoms with E-state index in [9.17, 15) is 0 Å². The molecule has 4 heteroatoms. The van der Waals surface area contributed by atoms with Crippen LogP contribution in [-0.4, -0.2) is 28.8 Å². The lowest BCUT2D eigenvalue weighted by atomic mass is 9.92. The van der Waals surface area contributed by atoms with Gasteiger partial charge in [0.25, 0.3) is 0 Å². The largest absolute Gasteiger partial charge is 0.382 e. The minimum atomic E-state index is 0.0449. The molecule has 1 fully saturated rings. The van der Waals surface area contributed by atoms with Gasteiger partial charge in [-0.3, -0.25) is 15.3 Å². The lowest BCUT2D eigenvalue weighted by Gasteiger charge is -2.31. The lowest BCUT2D eigenvalue weighted by molar-refractivity contribution is 0.172. The van der Waals surface area contributed by atoms with Crippen molar-refractivity contribution >= 4 is 5.84 Å². The van der Waals surface area contributed by atoms with Crippen LogP contribution in [0.25, 0.3) is 0 Å². The number of likely N-dealkylation sites (tertiary alicyclic amines) is 1. The van der Waals surface area contributed by atoms with E-state index in [4.69, 9.17) is 11.1 Å². The molecule has 1 aromatic rings. The number of rotatable bonds is 5. The van der Waals surface area contributed by atoms with Gasteiger partial charge in [0.1, 0.15) is 11.5 Å². The molecule has 1 aromatic heterocycles. The first-order valence-electron chi connectivity index (χ1n) is 7.20. The molecule has 1 aliphatic rings. The first-order chi connectivity index (χ1) is 9.19. The fourth-order valence-corrected chi connectivity index (χ4v) is 2.82. The Labute approximate surface area is 115 Å². The van der Waals surface area contributed by atoms with E-state index in [0.29, 0.717) is 5.69 Å².